The number of rotatable bonds is 5. The van der Waals surface area contributed by atoms with Crippen LogP contribution in [0.4, 0.5) is 0 Å². The summed E-state index contributed by atoms with van der Waals surface area (Å²) in [6.45, 7) is 10.2. The summed E-state index contributed by atoms with van der Waals surface area (Å²) < 4.78 is 5.72. The Hall–Kier alpha value is -0.870. The SMILES string of the molecule is CCOC1CC(NCc2cnc(C)[nH]2)C1(C)C. The molecule has 0 bridgehead atoms. The highest BCUT2D eigenvalue weighted by Gasteiger charge is 2.48. The zero-order chi connectivity index (χ0) is 12.5. The fourth-order valence-corrected chi connectivity index (χ4v) is 2.51. The van der Waals surface area contributed by atoms with Crippen LogP contribution in [0.2, 0.25) is 0 Å². The molecule has 2 rings (SSSR count). The molecular weight excluding hydrogens is 214 g/mol. The van der Waals surface area contributed by atoms with E-state index in [9.17, 15) is 0 Å². The van der Waals surface area contributed by atoms with Crippen molar-refractivity contribution in [3.8, 4) is 0 Å². The van der Waals surface area contributed by atoms with Crippen molar-refractivity contribution in [3.05, 3.63) is 17.7 Å². The molecule has 0 aliphatic heterocycles. The Labute approximate surface area is 103 Å². The molecule has 0 aromatic carbocycles. The Morgan fingerprint density at radius 1 is 1.59 bits per heavy atom. The second-order valence-electron chi connectivity index (χ2n) is 5.43. The quantitative estimate of drug-likeness (QED) is 0.823. The molecule has 0 saturated heterocycles. The average Bonchev–Trinajstić information content (AvgIpc) is 2.68. The van der Waals surface area contributed by atoms with E-state index in [1.807, 2.05) is 13.1 Å². The van der Waals surface area contributed by atoms with Gasteiger partial charge in [0.25, 0.3) is 0 Å². The number of H-pyrrole nitrogens is 1. The van der Waals surface area contributed by atoms with Gasteiger partial charge in [0, 0.05) is 36.5 Å². The van der Waals surface area contributed by atoms with E-state index in [2.05, 4.69) is 36.1 Å². The molecule has 1 aliphatic rings. The van der Waals surface area contributed by atoms with Gasteiger partial charge in [-0.25, -0.2) is 4.98 Å². The first-order valence-electron chi connectivity index (χ1n) is 6.39. The minimum Gasteiger partial charge on any atom is -0.378 e. The van der Waals surface area contributed by atoms with E-state index in [4.69, 9.17) is 4.74 Å². The standard InChI is InChI=1S/C13H23N3O/c1-5-17-12-6-11(13(12,3)4)15-8-10-7-14-9(2)16-10/h7,11-12,15H,5-6,8H2,1-4H3,(H,14,16). The van der Waals surface area contributed by atoms with Gasteiger partial charge in [0.1, 0.15) is 5.82 Å². The number of nitrogens with zero attached hydrogens (tertiary/aromatic N) is 1. The van der Waals surface area contributed by atoms with Gasteiger partial charge < -0.3 is 15.0 Å². The molecule has 1 aliphatic carbocycles. The van der Waals surface area contributed by atoms with Crippen molar-refractivity contribution in [2.75, 3.05) is 6.61 Å². The van der Waals surface area contributed by atoms with Gasteiger partial charge in [-0.1, -0.05) is 13.8 Å². The lowest BCUT2D eigenvalue weighted by molar-refractivity contribution is -0.114. The molecule has 1 fully saturated rings. The first-order chi connectivity index (χ1) is 8.04. The van der Waals surface area contributed by atoms with Gasteiger partial charge in [-0.2, -0.15) is 0 Å². The third-order valence-electron chi connectivity index (χ3n) is 3.84. The number of hydrogen-bond acceptors (Lipinski definition) is 3. The Bertz CT molecular complexity index is 372. The molecule has 96 valence electrons. The van der Waals surface area contributed by atoms with Gasteiger partial charge >= 0.3 is 0 Å². The molecule has 1 aromatic rings. The summed E-state index contributed by atoms with van der Waals surface area (Å²) in [7, 11) is 0. The number of nitrogens with one attached hydrogen (secondary N) is 2. The van der Waals surface area contributed by atoms with Crippen molar-refractivity contribution in [2.24, 2.45) is 5.41 Å². The van der Waals surface area contributed by atoms with Crippen molar-refractivity contribution in [1.82, 2.24) is 15.3 Å². The van der Waals surface area contributed by atoms with E-state index >= 15 is 0 Å². The van der Waals surface area contributed by atoms with Crippen molar-refractivity contribution < 1.29 is 4.74 Å². The van der Waals surface area contributed by atoms with E-state index in [0.717, 1.165) is 31.1 Å². The molecule has 2 unspecified atom stereocenters. The summed E-state index contributed by atoms with van der Waals surface area (Å²) >= 11 is 0. The topological polar surface area (TPSA) is 49.9 Å². The first-order valence-corrected chi connectivity index (χ1v) is 6.39. The van der Waals surface area contributed by atoms with Crippen LogP contribution in [0.25, 0.3) is 0 Å². The first kappa shape index (κ1) is 12.6. The van der Waals surface area contributed by atoms with Gasteiger partial charge in [0.2, 0.25) is 0 Å². The molecule has 1 saturated carbocycles. The average molecular weight is 237 g/mol. The predicted octanol–water partition coefficient (Wildman–Crippen LogP) is 2.01. The maximum atomic E-state index is 5.72. The largest absolute Gasteiger partial charge is 0.378 e. The second-order valence-corrected chi connectivity index (χ2v) is 5.43. The molecule has 2 N–H and O–H groups in total. The highest BCUT2D eigenvalue weighted by atomic mass is 16.5. The van der Waals surface area contributed by atoms with Crippen LogP contribution < -0.4 is 5.32 Å². The van der Waals surface area contributed by atoms with E-state index in [0.29, 0.717) is 12.1 Å². The van der Waals surface area contributed by atoms with Crippen LogP contribution in [-0.4, -0.2) is 28.7 Å². The Morgan fingerprint density at radius 3 is 2.88 bits per heavy atom. The van der Waals surface area contributed by atoms with E-state index < -0.39 is 0 Å². The van der Waals surface area contributed by atoms with Crippen molar-refractivity contribution in [1.29, 1.82) is 0 Å². The lowest BCUT2D eigenvalue weighted by Gasteiger charge is -2.51. The number of aryl methyl sites for hydroxylation is 1. The van der Waals surface area contributed by atoms with Gasteiger partial charge in [-0.05, 0) is 20.3 Å². The van der Waals surface area contributed by atoms with Gasteiger partial charge in [-0.3, -0.25) is 0 Å². The summed E-state index contributed by atoms with van der Waals surface area (Å²) in [5.41, 5.74) is 1.38. The Kier molecular flexibility index (Phi) is 3.54. The summed E-state index contributed by atoms with van der Waals surface area (Å²) in [6, 6.07) is 0.530. The molecule has 2 atom stereocenters. The molecule has 4 nitrogen and oxygen atoms in total. The van der Waals surface area contributed by atoms with Crippen LogP contribution in [0.3, 0.4) is 0 Å². The molecular formula is C13H23N3O. The number of aromatic amines is 1. The monoisotopic (exact) mass is 237 g/mol. The van der Waals surface area contributed by atoms with Gasteiger partial charge in [0.15, 0.2) is 0 Å². The summed E-state index contributed by atoms with van der Waals surface area (Å²) in [4.78, 5) is 7.44. The molecule has 17 heavy (non-hydrogen) atoms. The van der Waals surface area contributed by atoms with E-state index in [1.165, 1.54) is 0 Å². The van der Waals surface area contributed by atoms with E-state index in [1.54, 1.807) is 0 Å². The number of ether oxygens (including phenoxy) is 1. The van der Waals surface area contributed by atoms with Crippen LogP contribution in [-0.2, 0) is 11.3 Å². The zero-order valence-corrected chi connectivity index (χ0v) is 11.2. The third-order valence-corrected chi connectivity index (χ3v) is 3.84. The van der Waals surface area contributed by atoms with Crippen molar-refractivity contribution in [3.63, 3.8) is 0 Å². The van der Waals surface area contributed by atoms with Crippen LogP contribution >= 0.6 is 0 Å². The smallest absolute Gasteiger partial charge is 0.103 e. The van der Waals surface area contributed by atoms with Crippen molar-refractivity contribution in [2.45, 2.75) is 52.8 Å². The number of imidazole rings is 1. The molecule has 4 heteroatoms. The molecule has 1 heterocycles. The fourth-order valence-electron chi connectivity index (χ4n) is 2.51. The highest BCUT2D eigenvalue weighted by molar-refractivity contribution is 5.05. The van der Waals surface area contributed by atoms with Crippen LogP contribution in [0.1, 0.15) is 38.7 Å². The normalized spacial score (nSPS) is 26.8. The molecule has 0 radical (unpaired) electrons. The zero-order valence-electron chi connectivity index (χ0n) is 11.2. The lowest BCUT2D eigenvalue weighted by atomic mass is 9.64. The molecule has 1 aromatic heterocycles. The van der Waals surface area contributed by atoms with Crippen LogP contribution in [0, 0.1) is 12.3 Å². The van der Waals surface area contributed by atoms with Crippen LogP contribution in [0.5, 0.6) is 0 Å². The lowest BCUT2D eigenvalue weighted by Crippen LogP contribution is -2.60. The summed E-state index contributed by atoms with van der Waals surface area (Å²) in [5, 5.41) is 3.58. The Morgan fingerprint density at radius 2 is 2.35 bits per heavy atom. The maximum absolute atomic E-state index is 5.72. The second kappa shape index (κ2) is 4.78. The molecule has 0 amide bonds. The predicted molar refractivity (Wildman–Crippen MR) is 67.8 cm³/mol. The maximum Gasteiger partial charge on any atom is 0.103 e. The Balaban J connectivity index is 1.82. The minimum absolute atomic E-state index is 0.227. The summed E-state index contributed by atoms with van der Waals surface area (Å²) in [6.07, 6.45) is 3.40. The van der Waals surface area contributed by atoms with Gasteiger partial charge in [-0.15, -0.1) is 0 Å². The fraction of sp³-hybridized carbons (Fsp3) is 0.769. The highest BCUT2D eigenvalue weighted by Crippen LogP contribution is 2.42. The third kappa shape index (κ3) is 2.53. The van der Waals surface area contributed by atoms with E-state index in [-0.39, 0.29) is 5.41 Å². The minimum atomic E-state index is 0.227. The number of hydrogen-bond donors (Lipinski definition) is 2. The van der Waals surface area contributed by atoms with Crippen molar-refractivity contribution >= 4 is 0 Å². The summed E-state index contributed by atoms with van der Waals surface area (Å²) in [5.74, 6) is 0.974. The molecule has 0 spiro atoms. The van der Waals surface area contributed by atoms with Crippen LogP contribution in [0.15, 0.2) is 6.20 Å². The van der Waals surface area contributed by atoms with Gasteiger partial charge in [0.05, 0.1) is 6.10 Å². The number of aromatic nitrogens is 2.